The van der Waals surface area contributed by atoms with Crippen LogP contribution in [0.4, 0.5) is 0 Å². The first-order valence-electron chi connectivity index (χ1n) is 7.20. The lowest BCUT2D eigenvalue weighted by atomic mass is 10.00. The second-order valence-electron chi connectivity index (χ2n) is 4.89. The third-order valence-corrected chi connectivity index (χ3v) is 3.38. The lowest BCUT2D eigenvalue weighted by molar-refractivity contribution is -0.123. The Morgan fingerprint density at radius 3 is 2.36 bits per heavy atom. The molecular weight excluding hydrogens is 278 g/mol. The average molecular weight is 297 g/mol. The second-order valence-corrected chi connectivity index (χ2v) is 4.89. The number of carbonyl (C=O) groups is 2. The van der Waals surface area contributed by atoms with Crippen molar-refractivity contribution in [2.24, 2.45) is 0 Å². The molecule has 0 heterocycles. The molecule has 2 aromatic rings. The molecule has 4 heteroatoms. The lowest BCUT2D eigenvalue weighted by Gasteiger charge is -2.09. The van der Waals surface area contributed by atoms with Gasteiger partial charge >= 0.3 is 5.97 Å². The first-order chi connectivity index (χ1) is 10.7. The van der Waals surface area contributed by atoms with Crippen molar-refractivity contribution in [3.05, 3.63) is 71.3 Å². The SMILES string of the molecule is CNC(=O)COC(=O)c1ccccc1CCc1ccccc1. The van der Waals surface area contributed by atoms with Crippen molar-refractivity contribution in [1.29, 1.82) is 0 Å². The van der Waals surface area contributed by atoms with Gasteiger partial charge in [-0.05, 0) is 30.0 Å². The monoisotopic (exact) mass is 297 g/mol. The molecule has 1 N–H and O–H groups in total. The number of esters is 1. The Morgan fingerprint density at radius 2 is 1.64 bits per heavy atom. The van der Waals surface area contributed by atoms with E-state index in [2.05, 4.69) is 17.4 Å². The Hall–Kier alpha value is -2.62. The molecule has 22 heavy (non-hydrogen) atoms. The van der Waals surface area contributed by atoms with Gasteiger partial charge in [-0.25, -0.2) is 4.79 Å². The van der Waals surface area contributed by atoms with Crippen molar-refractivity contribution in [3.63, 3.8) is 0 Å². The van der Waals surface area contributed by atoms with Crippen molar-refractivity contribution < 1.29 is 14.3 Å². The van der Waals surface area contributed by atoms with E-state index in [1.807, 2.05) is 30.3 Å². The average Bonchev–Trinajstić information content (AvgIpc) is 2.58. The molecule has 1 amide bonds. The molecule has 0 bridgehead atoms. The van der Waals surface area contributed by atoms with Gasteiger partial charge in [0.1, 0.15) is 0 Å². The van der Waals surface area contributed by atoms with E-state index in [9.17, 15) is 9.59 Å². The fourth-order valence-corrected chi connectivity index (χ4v) is 2.14. The predicted octanol–water partition coefficient (Wildman–Crippen LogP) is 2.37. The number of likely N-dealkylation sites (N-methyl/N-ethyl adjacent to an activating group) is 1. The largest absolute Gasteiger partial charge is 0.452 e. The summed E-state index contributed by atoms with van der Waals surface area (Å²) in [6.45, 7) is -0.262. The molecule has 0 aliphatic carbocycles. The summed E-state index contributed by atoms with van der Waals surface area (Å²) in [6, 6.07) is 17.4. The number of aryl methyl sites for hydroxylation is 2. The van der Waals surface area contributed by atoms with E-state index in [1.165, 1.54) is 12.6 Å². The minimum atomic E-state index is -0.465. The van der Waals surface area contributed by atoms with Gasteiger partial charge in [-0.1, -0.05) is 48.5 Å². The van der Waals surface area contributed by atoms with E-state index < -0.39 is 5.97 Å². The summed E-state index contributed by atoms with van der Waals surface area (Å²) in [5, 5.41) is 2.42. The first kappa shape index (κ1) is 15.8. The van der Waals surface area contributed by atoms with Crippen molar-refractivity contribution >= 4 is 11.9 Å². The number of rotatable bonds is 6. The van der Waals surface area contributed by atoms with E-state index in [1.54, 1.807) is 12.1 Å². The van der Waals surface area contributed by atoms with Crippen molar-refractivity contribution in [2.75, 3.05) is 13.7 Å². The quantitative estimate of drug-likeness (QED) is 0.833. The first-order valence-corrected chi connectivity index (χ1v) is 7.20. The Morgan fingerprint density at radius 1 is 0.955 bits per heavy atom. The van der Waals surface area contributed by atoms with Crippen LogP contribution in [0.1, 0.15) is 21.5 Å². The second kappa shape index (κ2) is 7.98. The Labute approximate surface area is 130 Å². The molecule has 0 unspecified atom stereocenters. The highest BCUT2D eigenvalue weighted by atomic mass is 16.5. The summed E-state index contributed by atoms with van der Waals surface area (Å²) < 4.78 is 5.02. The van der Waals surface area contributed by atoms with Gasteiger partial charge in [0.05, 0.1) is 5.56 Å². The zero-order valence-corrected chi connectivity index (χ0v) is 12.5. The molecule has 0 aromatic heterocycles. The van der Waals surface area contributed by atoms with Crippen LogP contribution in [0.5, 0.6) is 0 Å². The summed E-state index contributed by atoms with van der Waals surface area (Å²) in [5.74, 6) is -0.789. The zero-order valence-electron chi connectivity index (χ0n) is 12.5. The number of benzene rings is 2. The standard InChI is InChI=1S/C18H19NO3/c1-19-17(20)13-22-18(21)16-10-6-5-9-15(16)12-11-14-7-3-2-4-8-14/h2-10H,11-13H2,1H3,(H,19,20). The number of nitrogens with one attached hydrogen (secondary N) is 1. The number of hydrogen-bond donors (Lipinski definition) is 1. The van der Waals surface area contributed by atoms with Crippen LogP contribution in [0, 0.1) is 0 Å². The summed E-state index contributed by atoms with van der Waals surface area (Å²) in [4.78, 5) is 23.2. The van der Waals surface area contributed by atoms with Gasteiger partial charge in [-0.2, -0.15) is 0 Å². The Bertz CT molecular complexity index is 638. The molecule has 0 aliphatic heterocycles. The number of ether oxygens (including phenoxy) is 1. The van der Waals surface area contributed by atoms with Crippen LogP contribution >= 0.6 is 0 Å². The lowest BCUT2D eigenvalue weighted by Crippen LogP contribution is -2.25. The molecule has 0 radical (unpaired) electrons. The molecule has 2 aromatic carbocycles. The van der Waals surface area contributed by atoms with Crippen LogP contribution in [0.2, 0.25) is 0 Å². The molecule has 114 valence electrons. The Kier molecular flexibility index (Phi) is 5.72. The molecule has 0 atom stereocenters. The molecule has 0 fully saturated rings. The maximum Gasteiger partial charge on any atom is 0.338 e. The molecule has 0 aliphatic rings. The fraction of sp³-hybridized carbons (Fsp3) is 0.222. The van der Waals surface area contributed by atoms with E-state index >= 15 is 0 Å². The molecule has 2 rings (SSSR count). The van der Waals surface area contributed by atoms with E-state index in [0.29, 0.717) is 5.56 Å². The van der Waals surface area contributed by atoms with Gasteiger partial charge in [0.15, 0.2) is 6.61 Å². The van der Waals surface area contributed by atoms with Gasteiger partial charge in [0.2, 0.25) is 0 Å². The van der Waals surface area contributed by atoms with Gasteiger partial charge in [0.25, 0.3) is 5.91 Å². The van der Waals surface area contributed by atoms with Crippen molar-refractivity contribution in [2.45, 2.75) is 12.8 Å². The van der Waals surface area contributed by atoms with Gasteiger partial charge in [-0.15, -0.1) is 0 Å². The van der Waals surface area contributed by atoms with Gasteiger partial charge < -0.3 is 10.1 Å². The molecule has 4 nitrogen and oxygen atoms in total. The minimum Gasteiger partial charge on any atom is -0.452 e. The van der Waals surface area contributed by atoms with E-state index in [0.717, 1.165) is 18.4 Å². The van der Waals surface area contributed by atoms with Crippen molar-refractivity contribution in [3.8, 4) is 0 Å². The van der Waals surface area contributed by atoms with Gasteiger partial charge in [0, 0.05) is 7.05 Å². The number of amides is 1. The zero-order chi connectivity index (χ0) is 15.8. The normalized spacial score (nSPS) is 10.0. The molecular formula is C18H19NO3. The highest BCUT2D eigenvalue weighted by Crippen LogP contribution is 2.14. The van der Waals surface area contributed by atoms with Gasteiger partial charge in [-0.3, -0.25) is 4.79 Å². The minimum absolute atomic E-state index is 0.262. The smallest absolute Gasteiger partial charge is 0.338 e. The molecule has 0 spiro atoms. The van der Waals surface area contributed by atoms with Crippen LogP contribution in [-0.4, -0.2) is 25.5 Å². The maximum atomic E-state index is 12.1. The third-order valence-electron chi connectivity index (χ3n) is 3.38. The van der Waals surface area contributed by atoms with Crippen LogP contribution < -0.4 is 5.32 Å². The summed E-state index contributed by atoms with van der Waals surface area (Å²) in [5.41, 5.74) is 2.66. The van der Waals surface area contributed by atoms with Crippen LogP contribution in [0.25, 0.3) is 0 Å². The highest BCUT2D eigenvalue weighted by Gasteiger charge is 2.13. The topological polar surface area (TPSA) is 55.4 Å². The van der Waals surface area contributed by atoms with Crippen LogP contribution in [-0.2, 0) is 22.4 Å². The van der Waals surface area contributed by atoms with E-state index in [-0.39, 0.29) is 12.5 Å². The Balaban J connectivity index is 2.03. The van der Waals surface area contributed by atoms with Crippen LogP contribution in [0.15, 0.2) is 54.6 Å². The number of hydrogen-bond acceptors (Lipinski definition) is 3. The predicted molar refractivity (Wildman–Crippen MR) is 84.6 cm³/mol. The summed E-state index contributed by atoms with van der Waals surface area (Å²) >= 11 is 0. The third kappa shape index (κ3) is 4.45. The summed E-state index contributed by atoms with van der Waals surface area (Å²) in [6.07, 6.45) is 1.59. The fourth-order valence-electron chi connectivity index (χ4n) is 2.14. The molecule has 0 saturated heterocycles. The highest BCUT2D eigenvalue weighted by molar-refractivity contribution is 5.92. The van der Waals surface area contributed by atoms with Crippen molar-refractivity contribution in [1.82, 2.24) is 5.32 Å². The number of carbonyl (C=O) groups excluding carboxylic acids is 2. The summed E-state index contributed by atoms with van der Waals surface area (Å²) in [7, 11) is 1.50. The van der Waals surface area contributed by atoms with E-state index in [4.69, 9.17) is 4.74 Å². The maximum absolute atomic E-state index is 12.1. The van der Waals surface area contributed by atoms with Crippen LogP contribution in [0.3, 0.4) is 0 Å². The molecule has 0 saturated carbocycles.